The summed E-state index contributed by atoms with van der Waals surface area (Å²) < 4.78 is 1.98. The van der Waals surface area contributed by atoms with Gasteiger partial charge in [0.25, 0.3) is 0 Å². The van der Waals surface area contributed by atoms with Gasteiger partial charge in [-0.05, 0) is 24.3 Å². The average Bonchev–Trinajstić information content (AvgIpc) is 2.89. The summed E-state index contributed by atoms with van der Waals surface area (Å²) in [6.07, 6.45) is 7.23. The van der Waals surface area contributed by atoms with Gasteiger partial charge in [-0.1, -0.05) is 23.7 Å². The second kappa shape index (κ2) is 4.63. The van der Waals surface area contributed by atoms with Crippen LogP contribution in [0.5, 0.6) is 0 Å². The summed E-state index contributed by atoms with van der Waals surface area (Å²) in [5, 5.41) is 0.702. The van der Waals surface area contributed by atoms with Crippen LogP contribution in [0.15, 0.2) is 61.2 Å². The van der Waals surface area contributed by atoms with Crippen LogP contribution in [0.3, 0.4) is 0 Å². The first kappa shape index (κ1) is 11.0. The van der Waals surface area contributed by atoms with E-state index < -0.39 is 0 Å². The molecule has 2 aromatic heterocycles. The summed E-state index contributed by atoms with van der Waals surface area (Å²) in [5.41, 5.74) is 1.96. The van der Waals surface area contributed by atoms with Crippen molar-refractivity contribution in [2.75, 3.05) is 0 Å². The van der Waals surface area contributed by atoms with Crippen LogP contribution in [0.2, 0.25) is 5.02 Å². The molecule has 0 fully saturated rings. The Balaban J connectivity index is 2.13. The van der Waals surface area contributed by atoms with Gasteiger partial charge in [-0.15, -0.1) is 0 Å². The van der Waals surface area contributed by atoms with Crippen molar-refractivity contribution in [3.05, 3.63) is 66.2 Å². The van der Waals surface area contributed by atoms with E-state index in [1.165, 1.54) is 0 Å². The number of halogens is 1. The van der Waals surface area contributed by atoms with Crippen molar-refractivity contribution in [3.63, 3.8) is 0 Å². The molecule has 0 saturated carbocycles. The molecule has 88 valence electrons. The molecule has 0 bridgehead atoms. The lowest BCUT2D eigenvalue weighted by molar-refractivity contribution is 1.05. The van der Waals surface area contributed by atoms with Gasteiger partial charge in [-0.3, -0.25) is 9.55 Å². The predicted octanol–water partition coefficient (Wildman–Crippen LogP) is 3.59. The Kier molecular flexibility index (Phi) is 2.82. The summed E-state index contributed by atoms with van der Waals surface area (Å²) in [7, 11) is 0. The highest BCUT2D eigenvalue weighted by Crippen LogP contribution is 2.23. The van der Waals surface area contributed by atoms with Crippen LogP contribution in [-0.4, -0.2) is 14.5 Å². The number of nitrogens with zero attached hydrogens (tertiary/aromatic N) is 3. The SMILES string of the molecule is Clc1cccc(-c2nccn2-c2cccnc2)c1. The van der Waals surface area contributed by atoms with Gasteiger partial charge in [0, 0.05) is 29.2 Å². The van der Waals surface area contributed by atoms with Crippen LogP contribution in [-0.2, 0) is 0 Å². The molecule has 0 spiro atoms. The molecule has 3 aromatic rings. The summed E-state index contributed by atoms with van der Waals surface area (Å²) in [6.45, 7) is 0. The quantitative estimate of drug-likeness (QED) is 0.701. The lowest BCUT2D eigenvalue weighted by Gasteiger charge is -2.07. The minimum absolute atomic E-state index is 0.702. The Morgan fingerprint density at radius 1 is 1.06 bits per heavy atom. The molecular formula is C14H10ClN3. The number of pyridine rings is 1. The maximum absolute atomic E-state index is 6.01. The van der Waals surface area contributed by atoms with Gasteiger partial charge in [0.1, 0.15) is 5.82 Å². The molecule has 0 N–H and O–H groups in total. The van der Waals surface area contributed by atoms with E-state index in [1.54, 1.807) is 18.6 Å². The third-order valence-corrected chi connectivity index (χ3v) is 2.88. The molecule has 0 aliphatic heterocycles. The lowest BCUT2D eigenvalue weighted by atomic mass is 10.2. The normalized spacial score (nSPS) is 10.5. The topological polar surface area (TPSA) is 30.7 Å². The van der Waals surface area contributed by atoms with Crippen LogP contribution in [0.1, 0.15) is 0 Å². The summed E-state index contributed by atoms with van der Waals surface area (Å²) >= 11 is 6.01. The smallest absolute Gasteiger partial charge is 0.144 e. The van der Waals surface area contributed by atoms with E-state index in [4.69, 9.17) is 11.6 Å². The van der Waals surface area contributed by atoms with E-state index in [0.717, 1.165) is 17.1 Å². The summed E-state index contributed by atoms with van der Waals surface area (Å²) in [6, 6.07) is 11.5. The molecule has 4 heteroatoms. The molecular weight excluding hydrogens is 246 g/mol. The first-order valence-electron chi connectivity index (χ1n) is 5.54. The number of imidazole rings is 1. The monoisotopic (exact) mass is 255 g/mol. The van der Waals surface area contributed by atoms with Crippen LogP contribution >= 0.6 is 11.6 Å². The van der Waals surface area contributed by atoms with Crippen LogP contribution in [0.25, 0.3) is 17.1 Å². The second-order valence-corrected chi connectivity index (χ2v) is 4.28. The largest absolute Gasteiger partial charge is 0.298 e. The van der Waals surface area contributed by atoms with Crippen molar-refractivity contribution in [2.24, 2.45) is 0 Å². The van der Waals surface area contributed by atoms with Gasteiger partial charge in [-0.2, -0.15) is 0 Å². The zero-order valence-electron chi connectivity index (χ0n) is 9.49. The van der Waals surface area contributed by atoms with Gasteiger partial charge in [0.15, 0.2) is 0 Å². The Morgan fingerprint density at radius 2 is 2.00 bits per heavy atom. The molecule has 0 unspecified atom stereocenters. The molecule has 3 nitrogen and oxygen atoms in total. The fourth-order valence-electron chi connectivity index (χ4n) is 1.85. The van der Waals surface area contributed by atoms with E-state index in [9.17, 15) is 0 Å². The third-order valence-electron chi connectivity index (χ3n) is 2.65. The highest BCUT2D eigenvalue weighted by molar-refractivity contribution is 6.30. The van der Waals surface area contributed by atoms with Crippen LogP contribution in [0.4, 0.5) is 0 Å². The fourth-order valence-corrected chi connectivity index (χ4v) is 2.04. The van der Waals surface area contributed by atoms with Crippen molar-refractivity contribution in [1.82, 2.24) is 14.5 Å². The van der Waals surface area contributed by atoms with Gasteiger partial charge in [0.2, 0.25) is 0 Å². The standard InChI is InChI=1S/C14H10ClN3/c15-12-4-1-3-11(9-12)14-17-7-8-18(14)13-5-2-6-16-10-13/h1-10H. The van der Waals surface area contributed by atoms with E-state index in [-0.39, 0.29) is 0 Å². The zero-order valence-corrected chi connectivity index (χ0v) is 10.2. The number of aromatic nitrogens is 3. The maximum Gasteiger partial charge on any atom is 0.144 e. The molecule has 2 heterocycles. The Hall–Kier alpha value is -2.13. The minimum Gasteiger partial charge on any atom is -0.298 e. The van der Waals surface area contributed by atoms with Gasteiger partial charge in [-0.25, -0.2) is 4.98 Å². The molecule has 0 saturated heterocycles. The van der Waals surface area contributed by atoms with E-state index in [0.29, 0.717) is 5.02 Å². The first-order chi connectivity index (χ1) is 8.84. The first-order valence-corrected chi connectivity index (χ1v) is 5.92. The molecule has 0 atom stereocenters. The van der Waals surface area contributed by atoms with Gasteiger partial charge < -0.3 is 0 Å². The maximum atomic E-state index is 6.01. The van der Waals surface area contributed by atoms with Crippen LogP contribution in [0, 0.1) is 0 Å². The molecule has 0 radical (unpaired) electrons. The second-order valence-electron chi connectivity index (χ2n) is 3.84. The molecule has 0 amide bonds. The van der Waals surface area contributed by atoms with Crippen molar-refractivity contribution in [1.29, 1.82) is 0 Å². The number of rotatable bonds is 2. The van der Waals surface area contributed by atoms with E-state index >= 15 is 0 Å². The van der Waals surface area contributed by atoms with E-state index in [2.05, 4.69) is 9.97 Å². The van der Waals surface area contributed by atoms with Crippen molar-refractivity contribution in [2.45, 2.75) is 0 Å². The Labute approximate surface area is 110 Å². The summed E-state index contributed by atoms with van der Waals surface area (Å²) in [4.78, 5) is 8.50. The average molecular weight is 256 g/mol. The van der Waals surface area contributed by atoms with Crippen LogP contribution < -0.4 is 0 Å². The highest BCUT2D eigenvalue weighted by Gasteiger charge is 2.07. The van der Waals surface area contributed by atoms with Gasteiger partial charge >= 0.3 is 0 Å². The zero-order chi connectivity index (χ0) is 12.4. The molecule has 0 aliphatic rings. The third kappa shape index (κ3) is 2.00. The highest BCUT2D eigenvalue weighted by atomic mass is 35.5. The predicted molar refractivity (Wildman–Crippen MR) is 71.8 cm³/mol. The Bertz CT molecular complexity index is 662. The molecule has 18 heavy (non-hydrogen) atoms. The lowest BCUT2D eigenvalue weighted by Crippen LogP contribution is -1.96. The number of hydrogen-bond acceptors (Lipinski definition) is 2. The fraction of sp³-hybridized carbons (Fsp3) is 0. The molecule has 0 aliphatic carbocycles. The summed E-state index contributed by atoms with van der Waals surface area (Å²) in [5.74, 6) is 0.852. The molecule has 3 rings (SSSR count). The van der Waals surface area contributed by atoms with Crippen molar-refractivity contribution < 1.29 is 0 Å². The number of benzene rings is 1. The van der Waals surface area contributed by atoms with Crippen molar-refractivity contribution in [3.8, 4) is 17.1 Å². The Morgan fingerprint density at radius 3 is 2.78 bits per heavy atom. The van der Waals surface area contributed by atoms with E-state index in [1.807, 2.05) is 47.2 Å². The minimum atomic E-state index is 0.702. The number of hydrogen-bond donors (Lipinski definition) is 0. The van der Waals surface area contributed by atoms with Gasteiger partial charge in [0.05, 0.1) is 11.9 Å². The van der Waals surface area contributed by atoms with Crippen molar-refractivity contribution >= 4 is 11.6 Å². The molecule has 1 aromatic carbocycles.